The van der Waals surface area contributed by atoms with Gasteiger partial charge in [-0.15, -0.1) is 0 Å². The zero-order valence-electron chi connectivity index (χ0n) is 23.1. The largest absolute Gasteiger partial charge is 0.505 e. The molecule has 6 aliphatic rings. The first-order chi connectivity index (χ1) is 19.2. The Morgan fingerprint density at radius 3 is 2.00 bits per heavy atom. The van der Waals surface area contributed by atoms with Crippen molar-refractivity contribution in [3.8, 4) is 0 Å². The quantitative estimate of drug-likeness (QED) is 0.179. The summed E-state index contributed by atoms with van der Waals surface area (Å²) in [6.45, 7) is 1.39. The first-order valence-electron chi connectivity index (χ1n) is 13.9. The third-order valence-corrected chi connectivity index (χ3v) is 11.1. The van der Waals surface area contributed by atoms with Crippen LogP contribution in [0.15, 0.2) is 60.9 Å². The van der Waals surface area contributed by atoms with E-state index in [0.717, 1.165) is 61.6 Å². The Morgan fingerprint density at radius 1 is 0.900 bits per heavy atom. The molecule has 8 rings (SSSR count). The fraction of sp³-hybridized carbons (Fsp3) is 0.531. The van der Waals surface area contributed by atoms with Gasteiger partial charge in [0.05, 0.1) is 45.7 Å². The molecule has 0 N–H and O–H groups in total. The number of benzene rings is 2. The highest BCUT2D eigenvalue weighted by atomic mass is 79.9. The van der Waals surface area contributed by atoms with Crippen molar-refractivity contribution in [1.82, 2.24) is 0 Å². The maximum Gasteiger partial charge on any atom is 0.306 e. The zero-order valence-corrected chi connectivity index (χ0v) is 26.2. The summed E-state index contributed by atoms with van der Waals surface area (Å²) in [5.74, 6) is -0.130. The lowest BCUT2D eigenvalue weighted by Crippen LogP contribution is -2.55. The van der Waals surface area contributed by atoms with Crippen LogP contribution in [-0.4, -0.2) is 38.2 Å². The molecule has 4 saturated heterocycles. The number of methoxy groups -OCH3 is 2. The van der Waals surface area contributed by atoms with Crippen LogP contribution in [0.25, 0.3) is 0 Å². The van der Waals surface area contributed by atoms with Gasteiger partial charge in [-0.1, -0.05) is 63.4 Å². The molecule has 2 aromatic rings. The second-order valence-corrected chi connectivity index (χ2v) is 13.8. The van der Waals surface area contributed by atoms with E-state index in [2.05, 4.69) is 46.3 Å². The van der Waals surface area contributed by atoms with E-state index < -0.39 is 0 Å². The SMILES string of the molecule is COC(=O)CC12CCC(c3ccc(Cl)cc3)(CC1)OC2.COC=CC12CCC(c3ccc(Cl)cc3)(OC1)C(Br)C2. The lowest BCUT2D eigenvalue weighted by Gasteiger charge is -2.55. The normalized spacial score (nSPS) is 34.3. The van der Waals surface area contributed by atoms with Crippen LogP contribution in [0.5, 0.6) is 0 Å². The monoisotopic (exact) mass is 650 g/mol. The highest BCUT2D eigenvalue weighted by Crippen LogP contribution is 2.57. The van der Waals surface area contributed by atoms with Crippen LogP contribution in [0, 0.1) is 10.8 Å². The predicted octanol–water partition coefficient (Wildman–Crippen LogP) is 8.35. The van der Waals surface area contributed by atoms with Crippen molar-refractivity contribution in [3.05, 3.63) is 82.0 Å². The Kier molecular flexibility index (Phi) is 8.95. The van der Waals surface area contributed by atoms with Gasteiger partial charge >= 0.3 is 5.97 Å². The molecule has 0 radical (unpaired) electrons. The number of carbonyl (C=O) groups is 1. The third-order valence-electron chi connectivity index (χ3n) is 9.48. The van der Waals surface area contributed by atoms with Gasteiger partial charge in [-0.05, 0) is 86.4 Å². The summed E-state index contributed by atoms with van der Waals surface area (Å²) in [6, 6.07) is 16.0. The molecule has 3 unspecified atom stereocenters. The minimum absolute atomic E-state index is 0.0126. The molecule has 2 saturated carbocycles. The van der Waals surface area contributed by atoms with E-state index in [1.54, 1.807) is 13.4 Å². The van der Waals surface area contributed by atoms with Crippen molar-refractivity contribution in [2.45, 2.75) is 67.4 Å². The van der Waals surface area contributed by atoms with Crippen LogP contribution in [0.4, 0.5) is 0 Å². The van der Waals surface area contributed by atoms with E-state index in [1.807, 2.05) is 24.3 Å². The fourth-order valence-corrected chi connectivity index (χ4v) is 8.35. The Bertz CT molecular complexity index is 1180. The summed E-state index contributed by atoms with van der Waals surface area (Å²) >= 11 is 15.8. The standard InChI is InChI=1S/C16H18BrClO2.C16H19ClO3/c1-19-9-8-15-6-7-16(20-11-15,14(17)10-15)12-2-4-13(18)5-3-12;1-19-14(18)10-15-6-8-16(9-7-15,20-11-15)12-2-4-13(17)5-3-12/h2-5,8-9,14H,6-7,10-11H2,1H3;2-5H,6-11H2,1H3. The van der Waals surface area contributed by atoms with Crippen molar-refractivity contribution in [1.29, 1.82) is 0 Å². The van der Waals surface area contributed by atoms with Gasteiger partial charge in [0.15, 0.2) is 0 Å². The summed E-state index contributed by atoms with van der Waals surface area (Å²) in [4.78, 5) is 11.9. The van der Waals surface area contributed by atoms with Crippen molar-refractivity contribution in [3.63, 3.8) is 0 Å². The first kappa shape index (κ1) is 29.9. The molecule has 2 aromatic carbocycles. The van der Waals surface area contributed by atoms with Gasteiger partial charge in [0, 0.05) is 25.7 Å². The molecular formula is C32H37BrCl2O5. The van der Waals surface area contributed by atoms with Crippen molar-refractivity contribution >= 4 is 45.1 Å². The number of esters is 1. The molecular weight excluding hydrogens is 615 g/mol. The summed E-state index contributed by atoms with van der Waals surface area (Å²) < 4.78 is 22.4. The average Bonchev–Trinajstić information content (AvgIpc) is 2.98. The second kappa shape index (κ2) is 12.0. The Morgan fingerprint density at radius 2 is 1.52 bits per heavy atom. The topological polar surface area (TPSA) is 54.0 Å². The van der Waals surface area contributed by atoms with Gasteiger partial charge in [-0.3, -0.25) is 4.79 Å². The highest BCUT2D eigenvalue weighted by Gasteiger charge is 2.55. The van der Waals surface area contributed by atoms with Gasteiger partial charge in [0.25, 0.3) is 0 Å². The molecule has 0 aromatic heterocycles. The van der Waals surface area contributed by atoms with Crippen LogP contribution < -0.4 is 0 Å². The van der Waals surface area contributed by atoms with E-state index in [9.17, 15) is 4.79 Å². The predicted molar refractivity (Wildman–Crippen MR) is 161 cm³/mol. The van der Waals surface area contributed by atoms with Crippen LogP contribution >= 0.6 is 39.1 Å². The van der Waals surface area contributed by atoms with E-state index in [1.165, 1.54) is 18.2 Å². The molecule has 40 heavy (non-hydrogen) atoms. The first-order valence-corrected chi connectivity index (χ1v) is 15.6. The van der Waals surface area contributed by atoms with Crippen molar-refractivity contribution < 1.29 is 23.7 Å². The summed E-state index contributed by atoms with van der Waals surface area (Å²) in [6.07, 6.45) is 11.6. The van der Waals surface area contributed by atoms with Crippen LogP contribution in [-0.2, 0) is 34.9 Å². The molecule has 216 valence electrons. The van der Waals surface area contributed by atoms with Gasteiger partial charge in [-0.2, -0.15) is 0 Å². The molecule has 0 spiro atoms. The van der Waals surface area contributed by atoms with Gasteiger partial charge in [0.2, 0.25) is 0 Å². The van der Waals surface area contributed by atoms with Crippen molar-refractivity contribution in [2.75, 3.05) is 27.4 Å². The van der Waals surface area contributed by atoms with Gasteiger partial charge in [-0.25, -0.2) is 0 Å². The molecule has 6 fully saturated rings. The number of rotatable bonds is 6. The highest BCUT2D eigenvalue weighted by molar-refractivity contribution is 9.09. The Balaban J connectivity index is 0.000000161. The van der Waals surface area contributed by atoms with E-state index >= 15 is 0 Å². The van der Waals surface area contributed by atoms with Crippen LogP contribution in [0.2, 0.25) is 10.0 Å². The smallest absolute Gasteiger partial charge is 0.306 e. The molecule has 5 nitrogen and oxygen atoms in total. The summed E-state index contributed by atoms with van der Waals surface area (Å²) in [7, 11) is 3.13. The van der Waals surface area contributed by atoms with E-state index in [0.29, 0.717) is 17.9 Å². The van der Waals surface area contributed by atoms with E-state index in [4.69, 9.17) is 42.1 Å². The lowest BCUT2D eigenvalue weighted by molar-refractivity contribution is -0.196. The molecule has 4 heterocycles. The Labute approximate surface area is 255 Å². The van der Waals surface area contributed by atoms with Gasteiger partial charge < -0.3 is 18.9 Å². The minimum atomic E-state index is -0.215. The number of alkyl halides is 1. The van der Waals surface area contributed by atoms with Crippen molar-refractivity contribution in [2.24, 2.45) is 10.8 Å². The zero-order chi connectivity index (χ0) is 28.4. The summed E-state index contributed by atoms with van der Waals surface area (Å²) in [5, 5.41) is 1.51. The number of ether oxygens (including phenoxy) is 4. The molecule has 2 aliphatic carbocycles. The molecule has 4 aliphatic heterocycles. The van der Waals surface area contributed by atoms with Crippen LogP contribution in [0.3, 0.4) is 0 Å². The third kappa shape index (κ3) is 5.85. The molecule has 0 amide bonds. The van der Waals surface area contributed by atoms with Crippen LogP contribution in [0.1, 0.15) is 62.5 Å². The number of hydrogen-bond acceptors (Lipinski definition) is 5. The number of hydrogen-bond donors (Lipinski definition) is 0. The summed E-state index contributed by atoms with van der Waals surface area (Å²) in [5.41, 5.74) is 2.12. The lowest BCUT2D eigenvalue weighted by atomic mass is 9.63. The number of halogens is 3. The maximum atomic E-state index is 11.6. The second-order valence-electron chi connectivity index (χ2n) is 11.8. The number of carbonyl (C=O) groups excluding carboxylic acids is 1. The molecule has 4 bridgehead atoms. The minimum Gasteiger partial charge on any atom is -0.505 e. The van der Waals surface area contributed by atoms with E-state index in [-0.39, 0.29) is 28.0 Å². The fourth-order valence-electron chi connectivity index (χ4n) is 6.83. The molecule has 8 heteroatoms. The number of fused-ring (bicyclic) bond motifs is 6. The Hall–Kier alpha value is -1.57. The average molecular weight is 652 g/mol. The molecule has 3 atom stereocenters. The van der Waals surface area contributed by atoms with Gasteiger partial charge in [0.1, 0.15) is 5.60 Å². The maximum absolute atomic E-state index is 11.6.